The maximum absolute atomic E-state index is 11.9. The highest BCUT2D eigenvalue weighted by molar-refractivity contribution is 5.68. The molecular weight excluding hydrogens is 436 g/mol. The van der Waals surface area contributed by atoms with Gasteiger partial charge in [-0.3, -0.25) is 19.2 Å². The monoisotopic (exact) mass is 472 g/mol. The minimum absolute atomic E-state index is 0.199. The molecule has 0 N–H and O–H groups in total. The zero-order chi connectivity index (χ0) is 24.5. The van der Waals surface area contributed by atoms with Crippen LogP contribution in [-0.2, 0) is 47.6 Å². The Balaban J connectivity index is 2.28. The first-order valence-electron chi connectivity index (χ1n) is 11.4. The SMILES string of the molecule is COCC1CCC(C[C@@H]2O[C@H](COC(C)=O)[C@@H](OC(C)=O)[C@H](OC(C)=O)[C@H]2OC(C)=O)CC1. The second kappa shape index (κ2) is 12.9. The fourth-order valence-electron chi connectivity index (χ4n) is 4.71. The topological polar surface area (TPSA) is 124 Å². The molecule has 0 aromatic heterocycles. The van der Waals surface area contributed by atoms with Gasteiger partial charge in [0, 0.05) is 41.4 Å². The molecule has 188 valence electrons. The van der Waals surface area contributed by atoms with Crippen LogP contribution in [-0.4, -0.2) is 74.7 Å². The summed E-state index contributed by atoms with van der Waals surface area (Å²) in [5, 5.41) is 0. The summed E-state index contributed by atoms with van der Waals surface area (Å²) in [6.45, 7) is 5.46. The molecule has 0 aromatic carbocycles. The summed E-state index contributed by atoms with van der Waals surface area (Å²) >= 11 is 0. The van der Waals surface area contributed by atoms with Gasteiger partial charge in [0.2, 0.25) is 0 Å². The molecule has 0 aromatic rings. The molecule has 0 unspecified atom stereocenters. The molecule has 10 heteroatoms. The maximum atomic E-state index is 11.9. The van der Waals surface area contributed by atoms with Crippen molar-refractivity contribution in [3.8, 4) is 0 Å². The van der Waals surface area contributed by atoms with Gasteiger partial charge in [0.25, 0.3) is 0 Å². The van der Waals surface area contributed by atoms with Crippen LogP contribution in [0.5, 0.6) is 0 Å². The van der Waals surface area contributed by atoms with Gasteiger partial charge in [-0.1, -0.05) is 12.8 Å². The zero-order valence-electron chi connectivity index (χ0n) is 20.1. The summed E-state index contributed by atoms with van der Waals surface area (Å²) in [7, 11) is 1.70. The number of carbonyl (C=O) groups excluding carboxylic acids is 4. The van der Waals surface area contributed by atoms with E-state index in [0.29, 0.717) is 18.3 Å². The summed E-state index contributed by atoms with van der Waals surface area (Å²) in [4.78, 5) is 47.0. The van der Waals surface area contributed by atoms with Crippen molar-refractivity contribution in [2.45, 2.75) is 90.3 Å². The largest absolute Gasteiger partial charge is 0.463 e. The molecule has 0 radical (unpaired) electrons. The lowest BCUT2D eigenvalue weighted by molar-refractivity contribution is -0.255. The lowest BCUT2D eigenvalue weighted by Crippen LogP contribution is -2.62. The third-order valence-corrected chi connectivity index (χ3v) is 6.02. The van der Waals surface area contributed by atoms with E-state index in [0.717, 1.165) is 32.3 Å². The van der Waals surface area contributed by atoms with Gasteiger partial charge >= 0.3 is 23.9 Å². The number of esters is 4. The van der Waals surface area contributed by atoms with Crippen molar-refractivity contribution in [3.63, 3.8) is 0 Å². The van der Waals surface area contributed by atoms with Crippen molar-refractivity contribution in [1.29, 1.82) is 0 Å². The molecule has 1 saturated heterocycles. The van der Waals surface area contributed by atoms with Crippen LogP contribution in [0.4, 0.5) is 0 Å². The van der Waals surface area contributed by atoms with Gasteiger partial charge in [-0.05, 0) is 31.1 Å². The predicted molar refractivity (Wildman–Crippen MR) is 114 cm³/mol. The number of methoxy groups -OCH3 is 1. The summed E-state index contributed by atoms with van der Waals surface area (Å²) in [5.41, 5.74) is 0. The number of hydrogen-bond donors (Lipinski definition) is 0. The fraction of sp³-hybridized carbons (Fsp3) is 0.826. The van der Waals surface area contributed by atoms with Crippen molar-refractivity contribution in [2.24, 2.45) is 11.8 Å². The van der Waals surface area contributed by atoms with E-state index in [9.17, 15) is 19.2 Å². The van der Waals surface area contributed by atoms with Crippen molar-refractivity contribution in [2.75, 3.05) is 20.3 Å². The minimum Gasteiger partial charge on any atom is -0.463 e. The smallest absolute Gasteiger partial charge is 0.303 e. The summed E-state index contributed by atoms with van der Waals surface area (Å²) in [5.74, 6) is -1.54. The van der Waals surface area contributed by atoms with Gasteiger partial charge in [-0.2, -0.15) is 0 Å². The van der Waals surface area contributed by atoms with E-state index >= 15 is 0 Å². The molecule has 1 aliphatic carbocycles. The molecule has 5 atom stereocenters. The van der Waals surface area contributed by atoms with Crippen molar-refractivity contribution >= 4 is 23.9 Å². The van der Waals surface area contributed by atoms with Gasteiger partial charge in [-0.15, -0.1) is 0 Å². The second-order valence-corrected chi connectivity index (χ2v) is 8.82. The minimum atomic E-state index is -1.11. The third-order valence-electron chi connectivity index (χ3n) is 6.02. The predicted octanol–water partition coefficient (Wildman–Crippen LogP) is 1.95. The zero-order valence-corrected chi connectivity index (χ0v) is 20.1. The maximum Gasteiger partial charge on any atom is 0.303 e. The molecule has 2 fully saturated rings. The van der Waals surface area contributed by atoms with E-state index in [1.165, 1.54) is 27.7 Å². The van der Waals surface area contributed by atoms with Crippen LogP contribution in [0.25, 0.3) is 0 Å². The number of hydrogen-bond acceptors (Lipinski definition) is 10. The number of carbonyl (C=O) groups is 4. The first-order valence-corrected chi connectivity index (χ1v) is 11.4. The van der Waals surface area contributed by atoms with Crippen molar-refractivity contribution in [3.05, 3.63) is 0 Å². The van der Waals surface area contributed by atoms with Crippen LogP contribution < -0.4 is 0 Å². The Morgan fingerprint density at radius 3 is 1.64 bits per heavy atom. The van der Waals surface area contributed by atoms with Crippen molar-refractivity contribution in [1.82, 2.24) is 0 Å². The summed E-state index contributed by atoms with van der Waals surface area (Å²) in [6, 6.07) is 0. The molecule has 0 amide bonds. The van der Waals surface area contributed by atoms with Gasteiger partial charge in [0.05, 0.1) is 6.10 Å². The standard InChI is InChI=1S/C23H36O10/c1-13(24)29-12-20-22(31-15(3)26)23(32-16(4)27)21(30-14(2)25)19(33-20)10-17-6-8-18(9-7-17)11-28-5/h17-23H,6-12H2,1-5H3/t17?,18?,19-,20+,21-,22+,23+/m0/s1. The van der Waals surface area contributed by atoms with Gasteiger partial charge < -0.3 is 28.4 Å². The number of rotatable bonds is 9. The Labute approximate surface area is 194 Å². The molecule has 0 spiro atoms. The normalized spacial score (nSPS) is 31.8. The van der Waals surface area contributed by atoms with Gasteiger partial charge in [0.1, 0.15) is 12.7 Å². The number of ether oxygens (including phenoxy) is 6. The molecule has 1 heterocycles. The lowest BCUT2D eigenvalue weighted by Gasteiger charge is -2.45. The molecule has 2 rings (SSSR count). The van der Waals surface area contributed by atoms with Gasteiger partial charge in [0.15, 0.2) is 18.3 Å². The first-order chi connectivity index (χ1) is 15.6. The highest BCUT2D eigenvalue weighted by Crippen LogP contribution is 2.37. The average molecular weight is 473 g/mol. The van der Waals surface area contributed by atoms with E-state index in [1.54, 1.807) is 7.11 Å². The molecule has 2 aliphatic rings. The Bertz CT molecular complexity index is 685. The lowest BCUT2D eigenvalue weighted by atomic mass is 9.78. The van der Waals surface area contributed by atoms with Crippen molar-refractivity contribution < 1.29 is 47.6 Å². The highest BCUT2D eigenvalue weighted by atomic mass is 16.7. The Morgan fingerprint density at radius 2 is 1.15 bits per heavy atom. The molecule has 10 nitrogen and oxygen atoms in total. The van der Waals surface area contributed by atoms with E-state index in [-0.39, 0.29) is 6.61 Å². The van der Waals surface area contributed by atoms with Gasteiger partial charge in [-0.25, -0.2) is 0 Å². The second-order valence-electron chi connectivity index (χ2n) is 8.82. The van der Waals surface area contributed by atoms with Crippen LogP contribution >= 0.6 is 0 Å². The fourth-order valence-corrected chi connectivity index (χ4v) is 4.71. The Kier molecular flexibility index (Phi) is 10.6. The van der Waals surface area contributed by atoms with Crippen LogP contribution in [0.1, 0.15) is 59.8 Å². The van der Waals surface area contributed by atoms with E-state index in [4.69, 9.17) is 28.4 Å². The van der Waals surface area contributed by atoms with E-state index in [1.807, 2.05) is 0 Å². The Hall–Kier alpha value is -2.20. The van der Waals surface area contributed by atoms with E-state index < -0.39 is 54.4 Å². The van der Waals surface area contributed by atoms with E-state index in [2.05, 4.69) is 0 Å². The van der Waals surface area contributed by atoms with Crippen LogP contribution in [0.15, 0.2) is 0 Å². The van der Waals surface area contributed by atoms with Crippen LogP contribution in [0, 0.1) is 11.8 Å². The van der Waals surface area contributed by atoms with Crippen LogP contribution in [0.2, 0.25) is 0 Å². The summed E-state index contributed by atoms with van der Waals surface area (Å²) < 4.78 is 33.0. The Morgan fingerprint density at radius 1 is 0.667 bits per heavy atom. The molecule has 0 bridgehead atoms. The molecular formula is C23H36O10. The molecule has 33 heavy (non-hydrogen) atoms. The summed E-state index contributed by atoms with van der Waals surface area (Å²) in [6.07, 6.45) is -0.184. The van der Waals surface area contributed by atoms with Crippen LogP contribution in [0.3, 0.4) is 0 Å². The third kappa shape index (κ3) is 8.58. The first kappa shape index (κ1) is 27.0. The average Bonchev–Trinajstić information content (AvgIpc) is 2.71. The highest BCUT2D eigenvalue weighted by Gasteiger charge is 2.52. The molecule has 1 aliphatic heterocycles. The quantitative estimate of drug-likeness (QED) is 0.363. The molecule has 1 saturated carbocycles.